The fourth-order valence-corrected chi connectivity index (χ4v) is 6.61. The molecule has 0 heterocycles. The molecule has 4 saturated carbocycles. The van der Waals surface area contributed by atoms with Gasteiger partial charge in [0.1, 0.15) is 11.6 Å². The Bertz CT molecular complexity index is 790. The van der Waals surface area contributed by atoms with Gasteiger partial charge in [0, 0.05) is 22.8 Å². The number of anilines is 1. The van der Waals surface area contributed by atoms with Crippen molar-refractivity contribution >= 4 is 23.4 Å². The summed E-state index contributed by atoms with van der Waals surface area (Å²) in [4.78, 5) is 13.9. The minimum Gasteiger partial charge on any atom is -0.360 e. The lowest BCUT2D eigenvalue weighted by atomic mass is 9.48. The van der Waals surface area contributed by atoms with Crippen molar-refractivity contribution in [3.63, 3.8) is 0 Å². The summed E-state index contributed by atoms with van der Waals surface area (Å²) in [5.74, 6) is 2.28. The molecule has 1 atom stereocenters. The van der Waals surface area contributed by atoms with Crippen LogP contribution in [0.2, 0.25) is 0 Å². The van der Waals surface area contributed by atoms with Crippen LogP contribution in [0, 0.1) is 34.5 Å². The third kappa shape index (κ3) is 3.80. The summed E-state index contributed by atoms with van der Waals surface area (Å²) in [6.07, 6.45) is 11.5. The lowest BCUT2D eigenvalue weighted by molar-refractivity contribution is -0.122. The number of nitrogens with zero attached hydrogens (tertiary/aromatic N) is 1. The Balaban J connectivity index is 1.42. The highest BCUT2D eigenvalue weighted by Crippen LogP contribution is 2.61. The van der Waals surface area contributed by atoms with Gasteiger partial charge in [0.25, 0.3) is 5.91 Å². The molecule has 4 fully saturated rings. The SMILES string of the molecule is CSc1cccc(N/C=C(/C#N)C(=O)NC(C)C23CC4CC(CC(C4)C2)C3)c1. The Hall–Kier alpha value is -1.93. The van der Waals surface area contributed by atoms with Crippen molar-refractivity contribution in [3.05, 3.63) is 36.0 Å². The van der Waals surface area contributed by atoms with E-state index in [2.05, 4.69) is 23.6 Å². The number of thioether (sulfide) groups is 1. The van der Waals surface area contributed by atoms with Crippen LogP contribution in [0.3, 0.4) is 0 Å². The van der Waals surface area contributed by atoms with Crippen molar-refractivity contribution in [2.45, 2.75) is 56.4 Å². The van der Waals surface area contributed by atoms with E-state index in [0.29, 0.717) is 0 Å². The van der Waals surface area contributed by atoms with E-state index < -0.39 is 0 Å². The van der Waals surface area contributed by atoms with Gasteiger partial charge in [-0.15, -0.1) is 11.8 Å². The summed E-state index contributed by atoms with van der Waals surface area (Å²) in [7, 11) is 0. The fraction of sp³-hybridized carbons (Fsp3) is 0.565. The number of carbonyl (C=O) groups excluding carboxylic acids is 1. The zero-order chi connectivity index (χ0) is 19.7. The van der Waals surface area contributed by atoms with Crippen molar-refractivity contribution in [2.24, 2.45) is 23.2 Å². The molecule has 1 unspecified atom stereocenters. The van der Waals surface area contributed by atoms with E-state index in [1.54, 1.807) is 11.8 Å². The van der Waals surface area contributed by atoms with Crippen molar-refractivity contribution in [1.82, 2.24) is 5.32 Å². The molecular formula is C23H29N3OS. The summed E-state index contributed by atoms with van der Waals surface area (Å²) in [5, 5.41) is 15.8. The van der Waals surface area contributed by atoms with Crippen LogP contribution in [0.5, 0.6) is 0 Å². The molecule has 1 aromatic rings. The highest BCUT2D eigenvalue weighted by molar-refractivity contribution is 7.98. The molecule has 148 valence electrons. The smallest absolute Gasteiger partial charge is 0.263 e. The van der Waals surface area contributed by atoms with Gasteiger partial charge in [-0.05, 0) is 93.1 Å². The van der Waals surface area contributed by atoms with Crippen LogP contribution in [0.15, 0.2) is 40.9 Å². The lowest BCUT2D eigenvalue weighted by Crippen LogP contribution is -2.56. The molecule has 1 amide bonds. The molecule has 4 nitrogen and oxygen atoms in total. The van der Waals surface area contributed by atoms with Crippen molar-refractivity contribution < 1.29 is 4.79 Å². The highest BCUT2D eigenvalue weighted by Gasteiger charge is 2.53. The van der Waals surface area contributed by atoms with Gasteiger partial charge in [-0.3, -0.25) is 4.79 Å². The van der Waals surface area contributed by atoms with E-state index in [-0.39, 0.29) is 22.9 Å². The Labute approximate surface area is 172 Å². The van der Waals surface area contributed by atoms with E-state index in [1.165, 1.54) is 44.7 Å². The van der Waals surface area contributed by atoms with Gasteiger partial charge >= 0.3 is 0 Å². The van der Waals surface area contributed by atoms with E-state index in [9.17, 15) is 10.1 Å². The number of amides is 1. The second kappa shape index (κ2) is 7.83. The molecule has 0 radical (unpaired) electrons. The molecule has 0 spiro atoms. The first-order valence-corrected chi connectivity index (χ1v) is 11.6. The number of hydrogen-bond donors (Lipinski definition) is 2. The van der Waals surface area contributed by atoms with Gasteiger partial charge in [0.2, 0.25) is 0 Å². The van der Waals surface area contributed by atoms with Crippen LogP contribution in [-0.4, -0.2) is 18.2 Å². The zero-order valence-corrected chi connectivity index (χ0v) is 17.5. The summed E-state index contributed by atoms with van der Waals surface area (Å²) in [6, 6.07) is 10.1. The third-order valence-corrected chi connectivity index (χ3v) is 7.90. The number of nitriles is 1. The first-order valence-electron chi connectivity index (χ1n) is 10.3. The highest BCUT2D eigenvalue weighted by atomic mass is 32.2. The van der Waals surface area contributed by atoms with Gasteiger partial charge < -0.3 is 10.6 Å². The van der Waals surface area contributed by atoms with E-state index in [0.717, 1.165) is 28.3 Å². The van der Waals surface area contributed by atoms with E-state index >= 15 is 0 Å². The maximum absolute atomic E-state index is 12.8. The first-order chi connectivity index (χ1) is 13.5. The van der Waals surface area contributed by atoms with Crippen LogP contribution in [-0.2, 0) is 4.79 Å². The predicted molar refractivity (Wildman–Crippen MR) is 114 cm³/mol. The Morgan fingerprint density at radius 2 is 1.89 bits per heavy atom. The summed E-state index contributed by atoms with van der Waals surface area (Å²) in [5.41, 5.74) is 1.25. The molecule has 4 bridgehead atoms. The monoisotopic (exact) mass is 395 g/mol. The van der Waals surface area contributed by atoms with Crippen LogP contribution in [0.1, 0.15) is 45.4 Å². The average molecular weight is 396 g/mol. The van der Waals surface area contributed by atoms with Gasteiger partial charge in [-0.1, -0.05) is 6.07 Å². The second-order valence-corrected chi connectivity index (χ2v) is 9.90. The number of carbonyl (C=O) groups is 1. The van der Waals surface area contributed by atoms with Crippen LogP contribution in [0.25, 0.3) is 0 Å². The maximum Gasteiger partial charge on any atom is 0.263 e. The van der Waals surface area contributed by atoms with Gasteiger partial charge in [0.05, 0.1) is 0 Å². The minimum absolute atomic E-state index is 0.116. The molecule has 5 heteroatoms. The summed E-state index contributed by atoms with van der Waals surface area (Å²) < 4.78 is 0. The number of hydrogen-bond acceptors (Lipinski definition) is 4. The van der Waals surface area contributed by atoms with Crippen LogP contribution >= 0.6 is 11.8 Å². The standard InChI is InChI=1S/C23H29N3OS/c1-15(23-10-16-6-17(11-23)8-18(7-16)12-23)26-22(27)19(13-24)14-25-20-4-3-5-21(9-20)28-2/h3-5,9,14-18,25H,6-8,10-12H2,1-2H3,(H,26,27)/b19-14-. The first kappa shape index (κ1) is 19.4. The topological polar surface area (TPSA) is 64.9 Å². The van der Waals surface area contributed by atoms with E-state index in [1.807, 2.05) is 30.5 Å². The van der Waals surface area contributed by atoms with E-state index in [4.69, 9.17) is 0 Å². The van der Waals surface area contributed by atoms with Gasteiger partial charge in [-0.25, -0.2) is 0 Å². The van der Waals surface area contributed by atoms with Crippen LogP contribution in [0.4, 0.5) is 5.69 Å². The molecule has 0 aliphatic heterocycles. The normalized spacial score (nSPS) is 31.9. The fourth-order valence-electron chi connectivity index (χ4n) is 6.15. The molecule has 28 heavy (non-hydrogen) atoms. The van der Waals surface area contributed by atoms with Crippen molar-refractivity contribution in [3.8, 4) is 6.07 Å². The molecule has 4 aliphatic carbocycles. The number of benzene rings is 1. The number of rotatable bonds is 6. The van der Waals surface area contributed by atoms with Crippen molar-refractivity contribution in [2.75, 3.05) is 11.6 Å². The lowest BCUT2D eigenvalue weighted by Gasteiger charge is -2.59. The Morgan fingerprint density at radius 3 is 2.46 bits per heavy atom. The Kier molecular flexibility index (Phi) is 5.42. The molecule has 4 aliphatic rings. The quantitative estimate of drug-likeness (QED) is 0.406. The van der Waals surface area contributed by atoms with Gasteiger partial charge in [-0.2, -0.15) is 5.26 Å². The minimum atomic E-state index is -0.265. The predicted octanol–water partition coefficient (Wildman–Crippen LogP) is 4.95. The molecule has 2 N–H and O–H groups in total. The zero-order valence-electron chi connectivity index (χ0n) is 16.7. The summed E-state index contributed by atoms with van der Waals surface area (Å²) >= 11 is 1.66. The Morgan fingerprint density at radius 1 is 1.25 bits per heavy atom. The average Bonchev–Trinajstić information content (AvgIpc) is 2.67. The third-order valence-electron chi connectivity index (χ3n) is 7.17. The largest absolute Gasteiger partial charge is 0.360 e. The van der Waals surface area contributed by atoms with Crippen LogP contribution < -0.4 is 10.6 Å². The molecular weight excluding hydrogens is 366 g/mol. The molecule has 0 aromatic heterocycles. The van der Waals surface area contributed by atoms with Gasteiger partial charge in [0.15, 0.2) is 0 Å². The molecule has 0 saturated heterocycles. The second-order valence-electron chi connectivity index (χ2n) is 9.02. The molecule has 5 rings (SSSR count). The number of nitrogens with one attached hydrogen (secondary N) is 2. The summed E-state index contributed by atoms with van der Waals surface area (Å²) in [6.45, 7) is 2.15. The molecule has 1 aromatic carbocycles. The van der Waals surface area contributed by atoms with Crippen molar-refractivity contribution in [1.29, 1.82) is 5.26 Å². The maximum atomic E-state index is 12.8.